The smallest absolute Gasteiger partial charge is 0.283 e. The summed E-state index contributed by atoms with van der Waals surface area (Å²) in [7, 11) is 0. The Balaban J connectivity index is 1.54. The van der Waals surface area contributed by atoms with E-state index in [1.165, 1.54) is 4.52 Å². The second kappa shape index (κ2) is 8.62. The Hall–Kier alpha value is -3.39. The van der Waals surface area contributed by atoms with E-state index >= 15 is 0 Å². The Morgan fingerprint density at radius 1 is 1.25 bits per heavy atom. The molecule has 2 aliphatic rings. The quantitative estimate of drug-likeness (QED) is 0.423. The van der Waals surface area contributed by atoms with Crippen LogP contribution in [0.2, 0.25) is 5.02 Å². The van der Waals surface area contributed by atoms with E-state index in [1.807, 2.05) is 23.1 Å². The number of rotatable bonds is 5. The van der Waals surface area contributed by atoms with Gasteiger partial charge in [0.05, 0.1) is 29.5 Å². The molecule has 0 spiro atoms. The summed E-state index contributed by atoms with van der Waals surface area (Å²) in [6.07, 6.45) is -0.452. The highest BCUT2D eigenvalue weighted by Crippen LogP contribution is 2.41. The number of aryl methyl sites for hydroxylation is 1. The predicted octanol–water partition coefficient (Wildman–Crippen LogP) is 4.44. The van der Waals surface area contributed by atoms with E-state index in [0.29, 0.717) is 40.7 Å². The van der Waals surface area contributed by atoms with Gasteiger partial charge in [-0.25, -0.2) is 13.8 Å². The third-order valence-corrected chi connectivity index (χ3v) is 7.17. The van der Waals surface area contributed by atoms with Gasteiger partial charge in [0.2, 0.25) is 0 Å². The third-order valence-electron chi connectivity index (χ3n) is 6.93. The molecule has 0 amide bonds. The number of nitriles is 1. The molecule has 1 saturated heterocycles. The summed E-state index contributed by atoms with van der Waals surface area (Å²) in [6.45, 7) is 2.75. The first-order valence-electron chi connectivity index (χ1n) is 11.6. The van der Waals surface area contributed by atoms with Crippen LogP contribution in [0.15, 0.2) is 30.5 Å². The fourth-order valence-electron chi connectivity index (χ4n) is 4.92. The number of pyridine rings is 1. The van der Waals surface area contributed by atoms with Gasteiger partial charge in [-0.15, -0.1) is 0 Å². The van der Waals surface area contributed by atoms with Gasteiger partial charge in [0.15, 0.2) is 5.65 Å². The lowest BCUT2D eigenvalue weighted by atomic mass is 9.91. The summed E-state index contributed by atoms with van der Waals surface area (Å²) >= 11 is 6.18. The topological polar surface area (TPSA) is 99.6 Å². The molecule has 0 radical (unpaired) electrons. The molecule has 1 N–H and O–H groups in total. The van der Waals surface area contributed by atoms with Crippen molar-refractivity contribution in [2.45, 2.75) is 44.5 Å². The molecule has 184 valence electrons. The summed E-state index contributed by atoms with van der Waals surface area (Å²) in [5, 5.41) is 25.1. The van der Waals surface area contributed by atoms with Gasteiger partial charge in [0, 0.05) is 35.3 Å². The van der Waals surface area contributed by atoms with Crippen molar-refractivity contribution in [2.24, 2.45) is 0 Å². The second-order valence-electron chi connectivity index (χ2n) is 9.17. The highest BCUT2D eigenvalue weighted by molar-refractivity contribution is 6.31. The van der Waals surface area contributed by atoms with Crippen molar-refractivity contribution in [2.75, 3.05) is 18.0 Å². The molecule has 8 nitrogen and oxygen atoms in total. The van der Waals surface area contributed by atoms with Crippen molar-refractivity contribution < 1.29 is 18.6 Å². The maximum absolute atomic E-state index is 13.8. The van der Waals surface area contributed by atoms with Crippen LogP contribution in [0.5, 0.6) is 0 Å². The van der Waals surface area contributed by atoms with Crippen LogP contribution >= 0.6 is 11.6 Å². The lowest BCUT2D eigenvalue weighted by molar-refractivity contribution is -0.132. The van der Waals surface area contributed by atoms with Gasteiger partial charge in [-0.2, -0.15) is 14.9 Å². The molecule has 2 atom stereocenters. The molecule has 1 aliphatic heterocycles. The minimum Gasteiger partial charge on any atom is -0.390 e. The number of hydrogen-bond acceptors (Lipinski definition) is 7. The highest BCUT2D eigenvalue weighted by Gasteiger charge is 2.39. The molecular formula is C25H21ClF2N6O2. The minimum atomic E-state index is -2.92. The maximum Gasteiger partial charge on any atom is 0.283 e. The van der Waals surface area contributed by atoms with E-state index in [1.54, 1.807) is 25.3 Å². The zero-order valence-corrected chi connectivity index (χ0v) is 20.0. The summed E-state index contributed by atoms with van der Waals surface area (Å²) in [5.41, 5.74) is 2.00. The number of nitrogens with zero attached hydrogens (tertiary/aromatic N) is 6. The number of aromatic nitrogens is 4. The van der Waals surface area contributed by atoms with E-state index in [-0.39, 0.29) is 23.4 Å². The standard InChI is InChI=1S/C25H21ClF2N6O2/c1-12-21(16-6-7-30-18-8-13(26)2-3-15(16)18)25(33-10-14(11-33)36-20-5-4-19(20)35)34-24(31-12)17(9-29)22(32-34)23(27)28/h2-3,6-8,14,19-20,23,35H,4-5,10-11H2,1H3/t19-,20-/m1/s1. The van der Waals surface area contributed by atoms with Crippen LogP contribution in [-0.4, -0.2) is 56.1 Å². The Morgan fingerprint density at radius 3 is 2.72 bits per heavy atom. The minimum absolute atomic E-state index is 0.0873. The van der Waals surface area contributed by atoms with Crippen LogP contribution < -0.4 is 4.90 Å². The van der Waals surface area contributed by atoms with E-state index < -0.39 is 18.2 Å². The van der Waals surface area contributed by atoms with E-state index in [4.69, 9.17) is 16.3 Å². The monoisotopic (exact) mass is 510 g/mol. The molecule has 4 aromatic rings. The Morgan fingerprint density at radius 2 is 2.06 bits per heavy atom. The van der Waals surface area contributed by atoms with Crippen molar-refractivity contribution in [3.8, 4) is 17.2 Å². The van der Waals surface area contributed by atoms with Crippen LogP contribution in [0, 0.1) is 18.3 Å². The number of hydrogen-bond donors (Lipinski definition) is 1. The van der Waals surface area contributed by atoms with E-state index in [2.05, 4.69) is 15.1 Å². The molecule has 6 rings (SSSR count). The highest BCUT2D eigenvalue weighted by atomic mass is 35.5. The maximum atomic E-state index is 13.8. The van der Waals surface area contributed by atoms with Crippen molar-refractivity contribution in [3.63, 3.8) is 0 Å². The van der Waals surface area contributed by atoms with E-state index in [9.17, 15) is 19.1 Å². The normalized spacial score (nSPS) is 20.1. The first-order chi connectivity index (χ1) is 17.4. The molecule has 1 aliphatic carbocycles. The van der Waals surface area contributed by atoms with Crippen molar-refractivity contribution in [1.29, 1.82) is 5.26 Å². The molecule has 1 saturated carbocycles. The average molecular weight is 511 g/mol. The number of benzene rings is 1. The zero-order chi connectivity index (χ0) is 25.1. The predicted molar refractivity (Wildman–Crippen MR) is 129 cm³/mol. The van der Waals surface area contributed by atoms with Crippen molar-refractivity contribution in [1.82, 2.24) is 19.6 Å². The Kier molecular flexibility index (Phi) is 5.52. The molecular weight excluding hydrogens is 490 g/mol. The zero-order valence-electron chi connectivity index (χ0n) is 19.2. The van der Waals surface area contributed by atoms with Gasteiger partial charge in [-0.3, -0.25) is 4.98 Å². The Bertz CT molecular complexity index is 1550. The van der Waals surface area contributed by atoms with Gasteiger partial charge in [0.25, 0.3) is 6.43 Å². The van der Waals surface area contributed by atoms with Crippen LogP contribution in [0.1, 0.15) is 36.2 Å². The molecule has 11 heteroatoms. The first-order valence-corrected chi connectivity index (χ1v) is 12.0. The SMILES string of the molecule is Cc1nc2c(C#N)c(C(F)F)nn2c(N2CC(O[C@@H]3CC[C@H]3O)C2)c1-c1ccnc2cc(Cl)ccc12. The van der Waals surface area contributed by atoms with Crippen LogP contribution in [-0.2, 0) is 4.74 Å². The molecule has 36 heavy (non-hydrogen) atoms. The molecule has 3 aromatic heterocycles. The number of halogens is 3. The van der Waals surface area contributed by atoms with Crippen LogP contribution in [0.3, 0.4) is 0 Å². The van der Waals surface area contributed by atoms with Crippen LogP contribution in [0.4, 0.5) is 14.6 Å². The van der Waals surface area contributed by atoms with Crippen LogP contribution in [0.25, 0.3) is 27.7 Å². The van der Waals surface area contributed by atoms with Gasteiger partial charge in [-0.1, -0.05) is 17.7 Å². The second-order valence-corrected chi connectivity index (χ2v) is 9.61. The number of ether oxygens (including phenoxy) is 1. The van der Waals surface area contributed by atoms with Gasteiger partial charge >= 0.3 is 0 Å². The fourth-order valence-corrected chi connectivity index (χ4v) is 5.09. The molecule has 1 aromatic carbocycles. The molecule has 2 fully saturated rings. The summed E-state index contributed by atoms with van der Waals surface area (Å²) in [5.74, 6) is 0.553. The number of aliphatic hydroxyl groups is 1. The third kappa shape index (κ3) is 3.58. The number of fused-ring (bicyclic) bond motifs is 2. The van der Waals surface area contributed by atoms with Crippen molar-refractivity contribution in [3.05, 3.63) is 52.4 Å². The summed E-state index contributed by atoms with van der Waals surface area (Å²) in [4.78, 5) is 11.0. The average Bonchev–Trinajstić information content (AvgIpc) is 3.19. The largest absolute Gasteiger partial charge is 0.390 e. The van der Waals surface area contributed by atoms with Gasteiger partial charge in [0.1, 0.15) is 23.1 Å². The fraction of sp³-hybridized carbons (Fsp3) is 0.360. The lowest BCUT2D eigenvalue weighted by Gasteiger charge is -2.45. The number of alkyl halides is 2. The van der Waals surface area contributed by atoms with Crippen molar-refractivity contribution >= 4 is 34.0 Å². The van der Waals surface area contributed by atoms with Gasteiger partial charge < -0.3 is 14.7 Å². The lowest BCUT2D eigenvalue weighted by Crippen LogP contribution is -2.56. The summed E-state index contributed by atoms with van der Waals surface area (Å²) < 4.78 is 35.0. The van der Waals surface area contributed by atoms with Gasteiger partial charge in [-0.05, 0) is 43.5 Å². The molecule has 4 heterocycles. The number of aliphatic hydroxyl groups excluding tert-OH is 1. The molecule has 0 unspecified atom stereocenters. The number of anilines is 1. The Labute approximate surface area is 209 Å². The first kappa shape index (κ1) is 23.0. The summed E-state index contributed by atoms with van der Waals surface area (Å²) in [6, 6.07) is 9.09. The van der Waals surface area contributed by atoms with E-state index in [0.717, 1.165) is 23.8 Å². The molecule has 0 bridgehead atoms.